The van der Waals surface area contributed by atoms with Crippen molar-refractivity contribution in [2.45, 2.75) is 13.8 Å². The summed E-state index contributed by atoms with van der Waals surface area (Å²) in [7, 11) is 0. The van der Waals surface area contributed by atoms with Crippen molar-refractivity contribution >= 4 is 45.9 Å². The summed E-state index contributed by atoms with van der Waals surface area (Å²) in [5.74, 6) is -1.33. The molecular weight excluding hydrogens is 366 g/mol. The number of anilines is 1. The normalized spacial score (nSPS) is 10.2. The number of halogens is 1. The lowest BCUT2D eigenvalue weighted by Gasteiger charge is -2.03. The molecule has 25 heavy (non-hydrogen) atoms. The molecule has 0 spiro atoms. The highest BCUT2D eigenvalue weighted by atomic mass is 35.5. The van der Waals surface area contributed by atoms with Crippen molar-refractivity contribution in [2.75, 3.05) is 18.5 Å². The molecule has 2 aromatic rings. The maximum absolute atomic E-state index is 12.2. The summed E-state index contributed by atoms with van der Waals surface area (Å²) in [4.78, 5) is 40.0. The van der Waals surface area contributed by atoms with Gasteiger partial charge in [0.2, 0.25) is 0 Å². The van der Waals surface area contributed by atoms with Crippen LogP contribution in [-0.2, 0) is 9.53 Å². The number of thiazole rings is 1. The topological polar surface area (TPSA) is 97.4 Å². The first kappa shape index (κ1) is 18.9. The summed E-state index contributed by atoms with van der Waals surface area (Å²) >= 11 is 6.81. The van der Waals surface area contributed by atoms with Crippen LogP contribution in [0.5, 0.6) is 0 Å². The van der Waals surface area contributed by atoms with E-state index in [1.165, 1.54) is 0 Å². The fourth-order valence-electron chi connectivity index (χ4n) is 1.88. The molecule has 0 radical (unpaired) electrons. The average Bonchev–Trinajstić information content (AvgIpc) is 2.94. The van der Waals surface area contributed by atoms with Gasteiger partial charge in [-0.2, -0.15) is 0 Å². The van der Waals surface area contributed by atoms with Crippen LogP contribution in [0.4, 0.5) is 5.13 Å². The summed E-state index contributed by atoms with van der Waals surface area (Å²) in [5.41, 5.74) is 0.878. The predicted molar refractivity (Wildman–Crippen MR) is 95.2 cm³/mol. The molecule has 9 heteroatoms. The third-order valence-corrected chi connectivity index (χ3v) is 4.35. The van der Waals surface area contributed by atoms with E-state index in [1.54, 1.807) is 38.1 Å². The fraction of sp³-hybridized carbons (Fsp3) is 0.250. The average molecular weight is 382 g/mol. The molecule has 0 aliphatic carbocycles. The molecule has 132 valence electrons. The first-order chi connectivity index (χ1) is 11.9. The minimum atomic E-state index is -0.519. The van der Waals surface area contributed by atoms with Gasteiger partial charge in [0.1, 0.15) is 11.4 Å². The molecule has 2 amide bonds. The number of nitrogens with one attached hydrogen (secondary N) is 2. The van der Waals surface area contributed by atoms with Crippen molar-refractivity contribution in [1.29, 1.82) is 0 Å². The molecule has 0 unspecified atom stereocenters. The van der Waals surface area contributed by atoms with Crippen LogP contribution in [0, 0.1) is 6.92 Å². The Morgan fingerprint density at radius 1 is 1.20 bits per heavy atom. The van der Waals surface area contributed by atoms with Crippen LogP contribution in [0.15, 0.2) is 24.3 Å². The van der Waals surface area contributed by atoms with Crippen molar-refractivity contribution in [2.24, 2.45) is 0 Å². The predicted octanol–water partition coefficient (Wildman–Crippen LogP) is 2.65. The molecule has 0 bridgehead atoms. The number of hydrogen-bond acceptors (Lipinski definition) is 6. The van der Waals surface area contributed by atoms with Gasteiger partial charge in [0.05, 0.1) is 12.3 Å². The lowest BCUT2D eigenvalue weighted by molar-refractivity contribution is -0.141. The smallest absolute Gasteiger partial charge is 0.325 e. The molecule has 0 saturated carbocycles. The first-order valence-corrected chi connectivity index (χ1v) is 8.58. The van der Waals surface area contributed by atoms with Crippen molar-refractivity contribution in [3.05, 3.63) is 45.4 Å². The zero-order chi connectivity index (χ0) is 18.4. The summed E-state index contributed by atoms with van der Waals surface area (Å²) in [6, 6.07) is 6.39. The van der Waals surface area contributed by atoms with Crippen molar-refractivity contribution in [3.63, 3.8) is 0 Å². The number of benzene rings is 1. The van der Waals surface area contributed by atoms with Crippen LogP contribution in [0.2, 0.25) is 5.02 Å². The first-order valence-electron chi connectivity index (χ1n) is 7.39. The lowest BCUT2D eigenvalue weighted by atomic mass is 10.2. The molecule has 2 rings (SSSR count). The van der Waals surface area contributed by atoms with Crippen molar-refractivity contribution in [1.82, 2.24) is 10.3 Å². The van der Waals surface area contributed by atoms with Gasteiger partial charge in [0.15, 0.2) is 5.13 Å². The molecule has 0 saturated heterocycles. The number of ether oxygens (including phenoxy) is 1. The van der Waals surface area contributed by atoms with Crippen molar-refractivity contribution in [3.8, 4) is 0 Å². The minimum absolute atomic E-state index is 0.226. The molecule has 2 N–H and O–H groups in total. The third-order valence-electron chi connectivity index (χ3n) is 3.03. The summed E-state index contributed by atoms with van der Waals surface area (Å²) in [6.45, 7) is 3.35. The van der Waals surface area contributed by atoms with Crippen LogP contribution in [0.3, 0.4) is 0 Å². The Bertz CT molecular complexity index is 789. The highest BCUT2D eigenvalue weighted by Gasteiger charge is 2.18. The molecule has 1 aromatic heterocycles. The monoisotopic (exact) mass is 381 g/mol. The van der Waals surface area contributed by atoms with Gasteiger partial charge in [0.25, 0.3) is 11.8 Å². The van der Waals surface area contributed by atoms with Crippen molar-refractivity contribution < 1.29 is 19.1 Å². The minimum Gasteiger partial charge on any atom is -0.465 e. The van der Waals surface area contributed by atoms with Crippen LogP contribution in [0.25, 0.3) is 0 Å². The molecule has 1 aromatic carbocycles. The van der Waals surface area contributed by atoms with E-state index >= 15 is 0 Å². The largest absolute Gasteiger partial charge is 0.465 e. The van der Waals surface area contributed by atoms with Gasteiger partial charge >= 0.3 is 5.97 Å². The molecule has 0 atom stereocenters. The lowest BCUT2D eigenvalue weighted by Crippen LogP contribution is -2.30. The maximum Gasteiger partial charge on any atom is 0.325 e. The Kier molecular flexibility index (Phi) is 6.49. The molecule has 0 aliphatic rings. The molecular formula is C16H16ClN3O4S. The Balaban J connectivity index is 2.01. The quantitative estimate of drug-likeness (QED) is 0.749. The fourth-order valence-corrected chi connectivity index (χ4v) is 2.88. The van der Waals surface area contributed by atoms with E-state index in [1.807, 2.05) is 0 Å². The number of carbonyl (C=O) groups excluding carboxylic acids is 3. The highest BCUT2D eigenvalue weighted by Crippen LogP contribution is 2.23. The molecule has 7 nitrogen and oxygen atoms in total. The summed E-state index contributed by atoms with van der Waals surface area (Å²) < 4.78 is 4.74. The zero-order valence-electron chi connectivity index (χ0n) is 13.6. The van der Waals surface area contributed by atoms with Gasteiger partial charge in [-0.15, -0.1) is 0 Å². The van der Waals surface area contributed by atoms with Gasteiger partial charge < -0.3 is 10.1 Å². The number of nitrogens with zero attached hydrogens (tertiary/aromatic N) is 1. The van der Waals surface area contributed by atoms with E-state index in [2.05, 4.69) is 15.6 Å². The second-order valence-corrected chi connectivity index (χ2v) is 6.32. The summed E-state index contributed by atoms with van der Waals surface area (Å²) in [6.07, 6.45) is 0. The van der Waals surface area contributed by atoms with E-state index in [0.717, 1.165) is 11.3 Å². The number of esters is 1. The van der Waals surface area contributed by atoms with E-state index in [-0.39, 0.29) is 19.1 Å². The number of carbonyl (C=O) groups is 3. The number of aromatic nitrogens is 1. The maximum atomic E-state index is 12.2. The molecule has 1 heterocycles. The van der Waals surface area contributed by atoms with Crippen LogP contribution in [-0.4, -0.2) is 35.9 Å². The third kappa shape index (κ3) is 5.27. The Hall–Kier alpha value is -2.45. The van der Waals surface area contributed by atoms with Gasteiger partial charge in [-0.05, 0) is 38.1 Å². The van der Waals surface area contributed by atoms with Gasteiger partial charge in [0, 0.05) is 10.6 Å². The van der Waals surface area contributed by atoms with Crippen LogP contribution in [0.1, 0.15) is 32.6 Å². The second kappa shape index (κ2) is 8.59. The SMILES string of the molecule is CCOC(=O)CNC(=O)c1sc(NC(=O)c2ccc(Cl)cc2)nc1C. The van der Waals surface area contributed by atoms with E-state index in [9.17, 15) is 14.4 Å². The van der Waals surface area contributed by atoms with Crippen LogP contribution >= 0.6 is 22.9 Å². The second-order valence-electron chi connectivity index (χ2n) is 4.88. The number of aryl methyl sites for hydroxylation is 1. The van der Waals surface area contributed by atoms with E-state index in [0.29, 0.717) is 26.3 Å². The zero-order valence-corrected chi connectivity index (χ0v) is 15.2. The summed E-state index contributed by atoms with van der Waals surface area (Å²) in [5, 5.41) is 5.91. The van der Waals surface area contributed by atoms with Gasteiger partial charge in [-0.3, -0.25) is 19.7 Å². The molecule has 0 aliphatic heterocycles. The standard InChI is InChI=1S/C16H16ClN3O4S/c1-3-24-12(21)8-18-15(23)13-9(2)19-16(25-13)20-14(22)10-4-6-11(17)7-5-10/h4-7H,3,8H2,1-2H3,(H,18,23)(H,19,20,22). The van der Waals surface area contributed by atoms with Crippen LogP contribution < -0.4 is 10.6 Å². The van der Waals surface area contributed by atoms with Gasteiger partial charge in [-0.1, -0.05) is 22.9 Å². The number of amides is 2. The Labute approximate surface area is 153 Å². The van der Waals surface area contributed by atoms with Gasteiger partial charge in [-0.25, -0.2) is 4.98 Å². The highest BCUT2D eigenvalue weighted by molar-refractivity contribution is 7.17. The van der Waals surface area contributed by atoms with E-state index in [4.69, 9.17) is 16.3 Å². The Morgan fingerprint density at radius 3 is 2.52 bits per heavy atom. The number of hydrogen-bond donors (Lipinski definition) is 2. The molecule has 0 fully saturated rings. The number of rotatable bonds is 6. The Morgan fingerprint density at radius 2 is 1.88 bits per heavy atom. The van der Waals surface area contributed by atoms with E-state index < -0.39 is 11.9 Å².